The van der Waals surface area contributed by atoms with Gasteiger partial charge in [0, 0.05) is 35.6 Å². The number of nitrogens with two attached hydrogens (primary N) is 1. The number of rotatable bonds is 4. The summed E-state index contributed by atoms with van der Waals surface area (Å²) in [6.07, 6.45) is 0.629. The molecule has 2 N–H and O–H groups in total. The Balaban J connectivity index is 2.36. The van der Waals surface area contributed by atoms with Crippen LogP contribution in [0.5, 0.6) is 0 Å². The number of hydrogen-bond acceptors (Lipinski definition) is 3. The van der Waals surface area contributed by atoms with E-state index in [9.17, 15) is 18.4 Å². The largest absolute Gasteiger partial charge is 0.398 e. The highest BCUT2D eigenvalue weighted by molar-refractivity contribution is 6.12. The van der Waals surface area contributed by atoms with Crippen LogP contribution >= 0.6 is 0 Å². The second kappa shape index (κ2) is 5.70. The lowest BCUT2D eigenvalue weighted by molar-refractivity contribution is -0.107. The second-order valence-corrected chi connectivity index (χ2v) is 4.45. The van der Waals surface area contributed by atoms with E-state index in [-0.39, 0.29) is 16.8 Å². The molecular weight excluding hydrogens is 278 g/mol. The molecule has 21 heavy (non-hydrogen) atoms. The van der Waals surface area contributed by atoms with E-state index in [2.05, 4.69) is 0 Å². The molecule has 0 bridgehead atoms. The van der Waals surface area contributed by atoms with Gasteiger partial charge in [-0.1, -0.05) is 0 Å². The zero-order valence-electron chi connectivity index (χ0n) is 11.1. The van der Waals surface area contributed by atoms with E-state index >= 15 is 0 Å². The number of ketones is 1. The van der Waals surface area contributed by atoms with Gasteiger partial charge < -0.3 is 10.6 Å². The topological polar surface area (TPSA) is 63.4 Å². The summed E-state index contributed by atoms with van der Waals surface area (Å²) < 4.78 is 26.2. The highest BCUT2D eigenvalue weighted by atomic mass is 19.2. The molecule has 0 spiro atoms. The van der Waals surface area contributed by atoms with Crippen LogP contribution < -0.4 is 10.6 Å². The Hall–Kier alpha value is -2.76. The van der Waals surface area contributed by atoms with E-state index in [1.165, 1.54) is 17.0 Å². The van der Waals surface area contributed by atoms with Crippen molar-refractivity contribution in [2.45, 2.75) is 0 Å². The highest BCUT2D eigenvalue weighted by Gasteiger charge is 2.16. The van der Waals surface area contributed by atoms with Gasteiger partial charge in [0.05, 0.1) is 0 Å². The molecule has 1 amide bonds. The van der Waals surface area contributed by atoms with Crippen molar-refractivity contribution in [3.8, 4) is 0 Å². The molecule has 6 heteroatoms. The smallest absolute Gasteiger partial charge is 0.213 e. The Morgan fingerprint density at radius 3 is 2.29 bits per heavy atom. The average molecular weight is 290 g/mol. The highest BCUT2D eigenvalue weighted by Crippen LogP contribution is 2.21. The molecule has 0 aliphatic rings. The van der Waals surface area contributed by atoms with Gasteiger partial charge in [0.25, 0.3) is 0 Å². The summed E-state index contributed by atoms with van der Waals surface area (Å²) in [5, 5.41) is 0. The normalized spacial score (nSPS) is 10.2. The van der Waals surface area contributed by atoms with E-state index < -0.39 is 17.4 Å². The summed E-state index contributed by atoms with van der Waals surface area (Å²) in [7, 11) is 1.57. The SMILES string of the molecule is CN(C=O)c1ccc(C(=O)c2cc(F)c(F)cc2N)cc1. The van der Waals surface area contributed by atoms with Crippen LogP contribution in [-0.2, 0) is 4.79 Å². The lowest BCUT2D eigenvalue weighted by atomic mass is 10.0. The van der Waals surface area contributed by atoms with Gasteiger partial charge in [-0.15, -0.1) is 0 Å². The minimum Gasteiger partial charge on any atom is -0.398 e. The molecule has 0 unspecified atom stereocenters. The zero-order valence-corrected chi connectivity index (χ0v) is 11.1. The summed E-state index contributed by atoms with van der Waals surface area (Å²) in [4.78, 5) is 24.2. The maximum atomic E-state index is 13.2. The van der Waals surface area contributed by atoms with Crippen LogP contribution in [-0.4, -0.2) is 19.2 Å². The van der Waals surface area contributed by atoms with Gasteiger partial charge in [0.2, 0.25) is 6.41 Å². The van der Waals surface area contributed by atoms with Crippen molar-refractivity contribution in [2.75, 3.05) is 17.7 Å². The number of amides is 1. The van der Waals surface area contributed by atoms with Crippen molar-refractivity contribution < 1.29 is 18.4 Å². The Morgan fingerprint density at radius 1 is 1.14 bits per heavy atom. The summed E-state index contributed by atoms with van der Waals surface area (Å²) >= 11 is 0. The van der Waals surface area contributed by atoms with E-state index in [0.29, 0.717) is 12.1 Å². The van der Waals surface area contributed by atoms with E-state index in [4.69, 9.17) is 5.73 Å². The van der Waals surface area contributed by atoms with Crippen LogP contribution in [0.15, 0.2) is 36.4 Å². The van der Waals surface area contributed by atoms with Crippen molar-refractivity contribution in [1.29, 1.82) is 0 Å². The molecule has 0 saturated carbocycles. The monoisotopic (exact) mass is 290 g/mol. The number of carbonyl (C=O) groups excluding carboxylic acids is 2. The van der Waals surface area contributed by atoms with Crippen molar-refractivity contribution in [3.05, 3.63) is 59.2 Å². The van der Waals surface area contributed by atoms with Crippen molar-refractivity contribution in [1.82, 2.24) is 0 Å². The number of hydrogen-bond donors (Lipinski definition) is 1. The van der Waals surface area contributed by atoms with Crippen LogP contribution in [0.2, 0.25) is 0 Å². The number of nitrogen functional groups attached to an aromatic ring is 1. The van der Waals surface area contributed by atoms with Crippen LogP contribution in [0.4, 0.5) is 20.2 Å². The van der Waals surface area contributed by atoms with E-state index in [0.717, 1.165) is 12.1 Å². The maximum Gasteiger partial charge on any atom is 0.213 e. The Bertz CT molecular complexity index is 700. The number of carbonyl (C=O) groups is 2. The number of nitrogens with zero attached hydrogens (tertiary/aromatic N) is 1. The van der Waals surface area contributed by atoms with Gasteiger partial charge in [-0.05, 0) is 30.3 Å². The molecule has 2 aromatic carbocycles. The lowest BCUT2D eigenvalue weighted by Crippen LogP contribution is -2.14. The summed E-state index contributed by atoms with van der Waals surface area (Å²) in [5.74, 6) is -2.76. The van der Waals surface area contributed by atoms with E-state index in [1.54, 1.807) is 19.2 Å². The van der Waals surface area contributed by atoms with Crippen LogP contribution in [0.3, 0.4) is 0 Å². The molecule has 2 rings (SSSR count). The lowest BCUT2D eigenvalue weighted by Gasteiger charge is -2.11. The standard InChI is InChI=1S/C15H12F2N2O2/c1-19(8-20)10-4-2-9(3-5-10)15(21)11-6-12(16)13(17)7-14(11)18/h2-8H,18H2,1H3. The minimum atomic E-state index is -1.13. The van der Waals surface area contributed by atoms with E-state index in [1.807, 2.05) is 0 Å². The van der Waals surface area contributed by atoms with Crippen LogP contribution in [0.1, 0.15) is 15.9 Å². The van der Waals surface area contributed by atoms with Gasteiger partial charge in [0.15, 0.2) is 17.4 Å². The molecular formula is C15H12F2N2O2. The second-order valence-electron chi connectivity index (χ2n) is 4.45. The zero-order chi connectivity index (χ0) is 15.6. The predicted molar refractivity (Wildman–Crippen MR) is 75.1 cm³/mol. The van der Waals surface area contributed by atoms with Gasteiger partial charge in [-0.25, -0.2) is 8.78 Å². The first-order valence-corrected chi connectivity index (χ1v) is 6.01. The molecule has 0 fully saturated rings. The molecule has 0 atom stereocenters. The summed E-state index contributed by atoms with van der Waals surface area (Å²) in [5.41, 5.74) is 6.17. The van der Waals surface area contributed by atoms with Crippen molar-refractivity contribution in [3.63, 3.8) is 0 Å². The molecule has 0 aliphatic carbocycles. The maximum absolute atomic E-state index is 13.2. The molecule has 0 aliphatic heterocycles. The van der Waals surface area contributed by atoms with Crippen molar-refractivity contribution >= 4 is 23.6 Å². The number of anilines is 2. The first-order chi connectivity index (χ1) is 9.93. The fourth-order valence-corrected chi connectivity index (χ4v) is 1.82. The third kappa shape index (κ3) is 2.89. The predicted octanol–water partition coefficient (Wildman–Crippen LogP) is 2.37. The van der Waals surface area contributed by atoms with Gasteiger partial charge in [-0.2, -0.15) is 0 Å². The van der Waals surface area contributed by atoms with Gasteiger partial charge >= 0.3 is 0 Å². The Morgan fingerprint density at radius 2 is 1.71 bits per heavy atom. The minimum absolute atomic E-state index is 0.106. The Labute approximate surface area is 119 Å². The summed E-state index contributed by atoms with van der Waals surface area (Å²) in [6.45, 7) is 0. The molecule has 0 saturated heterocycles. The third-order valence-electron chi connectivity index (χ3n) is 3.03. The molecule has 0 aromatic heterocycles. The third-order valence-corrected chi connectivity index (χ3v) is 3.03. The van der Waals surface area contributed by atoms with Crippen LogP contribution in [0.25, 0.3) is 0 Å². The van der Waals surface area contributed by atoms with Gasteiger partial charge in [0.1, 0.15) is 0 Å². The molecule has 2 aromatic rings. The van der Waals surface area contributed by atoms with Gasteiger partial charge in [-0.3, -0.25) is 9.59 Å². The molecule has 0 radical (unpaired) electrons. The first kappa shape index (κ1) is 14.6. The average Bonchev–Trinajstić information content (AvgIpc) is 2.49. The van der Waals surface area contributed by atoms with Crippen LogP contribution in [0, 0.1) is 11.6 Å². The molecule has 0 heterocycles. The summed E-state index contributed by atoms with van der Waals surface area (Å²) in [6, 6.07) is 7.65. The number of halogens is 2. The van der Waals surface area contributed by atoms with Crippen molar-refractivity contribution in [2.24, 2.45) is 0 Å². The molecule has 108 valence electrons. The quantitative estimate of drug-likeness (QED) is 0.534. The fraction of sp³-hybridized carbons (Fsp3) is 0.0667. The number of benzene rings is 2. The first-order valence-electron chi connectivity index (χ1n) is 6.01. The Kier molecular flexibility index (Phi) is 3.98. The fourth-order valence-electron chi connectivity index (χ4n) is 1.82. The molecule has 4 nitrogen and oxygen atoms in total.